The minimum absolute atomic E-state index is 0.0897. The summed E-state index contributed by atoms with van der Waals surface area (Å²) in [6, 6.07) is 1.69. The largest absolute Gasteiger partial charge is 0.493 e. The normalized spacial score (nSPS) is 9.83. The van der Waals surface area contributed by atoms with E-state index in [1.54, 1.807) is 18.9 Å². The first kappa shape index (κ1) is 19.4. The molecule has 0 spiro atoms. The summed E-state index contributed by atoms with van der Waals surface area (Å²) < 4.78 is 21.3. The third-order valence-electron chi connectivity index (χ3n) is 3.40. The predicted octanol–water partition coefficient (Wildman–Crippen LogP) is 2.02. The summed E-state index contributed by atoms with van der Waals surface area (Å²) in [5.41, 5.74) is 1.29. The van der Waals surface area contributed by atoms with E-state index in [1.807, 2.05) is 0 Å². The van der Waals surface area contributed by atoms with Crippen molar-refractivity contribution in [3.63, 3.8) is 0 Å². The van der Waals surface area contributed by atoms with Gasteiger partial charge in [-0.2, -0.15) is 0 Å². The van der Waals surface area contributed by atoms with Crippen LogP contribution in [0.4, 0.5) is 0 Å². The fourth-order valence-corrected chi connectivity index (χ4v) is 2.39. The second-order valence-electron chi connectivity index (χ2n) is 4.81. The molecule has 1 aromatic carbocycles. The lowest BCUT2D eigenvalue weighted by atomic mass is 9.97. The van der Waals surface area contributed by atoms with Crippen molar-refractivity contribution in [1.82, 2.24) is 0 Å². The molecule has 0 aromatic heterocycles. The quantitative estimate of drug-likeness (QED) is 0.515. The minimum atomic E-state index is -0.936. The summed E-state index contributed by atoms with van der Waals surface area (Å²) in [6.45, 7) is 2.09. The van der Waals surface area contributed by atoms with Crippen LogP contribution in [0.15, 0.2) is 11.8 Å². The Hall–Kier alpha value is -2.66. The van der Waals surface area contributed by atoms with Gasteiger partial charge in [-0.3, -0.25) is 4.79 Å². The van der Waals surface area contributed by atoms with Gasteiger partial charge in [0.1, 0.15) is 0 Å². The smallest absolute Gasteiger partial charge is 0.303 e. The van der Waals surface area contributed by atoms with Crippen LogP contribution in [0.1, 0.15) is 24.5 Å². The van der Waals surface area contributed by atoms with Crippen LogP contribution in [0.25, 0.3) is 0 Å². The number of hydrogen-bond acceptors (Lipinski definition) is 6. The molecule has 7 heteroatoms. The van der Waals surface area contributed by atoms with Crippen molar-refractivity contribution in [1.29, 1.82) is 0 Å². The molecule has 1 rings (SSSR count). The standard InChI is InChI=1S/C17H22O7/c1-5-24-12(10-18)8-11-9-14(21-2)17(23-4)16(22-3)13(11)6-7-15(19)20/h9H,5-8H2,1-4H3,(H,19,20). The molecule has 0 unspecified atom stereocenters. The SMILES string of the molecule is CCOC(=C=O)Cc1cc(OC)c(OC)c(OC)c1CCC(=O)O. The van der Waals surface area contributed by atoms with E-state index in [-0.39, 0.29) is 25.0 Å². The zero-order valence-electron chi connectivity index (χ0n) is 14.3. The number of ether oxygens (including phenoxy) is 4. The van der Waals surface area contributed by atoms with Crippen LogP contribution in [-0.4, -0.2) is 45.0 Å². The summed E-state index contributed by atoms with van der Waals surface area (Å²) in [7, 11) is 4.42. The number of carbonyl (C=O) groups excluding carboxylic acids is 1. The van der Waals surface area contributed by atoms with E-state index in [9.17, 15) is 9.59 Å². The van der Waals surface area contributed by atoms with Crippen molar-refractivity contribution in [2.75, 3.05) is 27.9 Å². The van der Waals surface area contributed by atoms with Crippen molar-refractivity contribution >= 4 is 11.9 Å². The third kappa shape index (κ3) is 4.67. The second-order valence-corrected chi connectivity index (χ2v) is 4.81. The molecular weight excluding hydrogens is 316 g/mol. The zero-order valence-corrected chi connectivity index (χ0v) is 14.3. The molecule has 132 valence electrons. The fourth-order valence-electron chi connectivity index (χ4n) is 2.39. The summed E-state index contributed by atoms with van der Waals surface area (Å²) >= 11 is 0. The Morgan fingerprint density at radius 1 is 1.17 bits per heavy atom. The first-order chi connectivity index (χ1) is 11.5. The van der Waals surface area contributed by atoms with Crippen LogP contribution < -0.4 is 14.2 Å². The van der Waals surface area contributed by atoms with Crippen LogP contribution >= 0.6 is 0 Å². The number of allylic oxidation sites excluding steroid dienone is 1. The van der Waals surface area contributed by atoms with E-state index < -0.39 is 5.97 Å². The summed E-state index contributed by atoms with van der Waals surface area (Å²) in [5.74, 6) is 2.13. The number of hydrogen-bond donors (Lipinski definition) is 1. The van der Waals surface area contributed by atoms with E-state index in [0.717, 1.165) is 0 Å². The molecule has 7 nitrogen and oxygen atoms in total. The molecule has 0 heterocycles. The topological polar surface area (TPSA) is 91.3 Å². The van der Waals surface area contributed by atoms with E-state index in [0.29, 0.717) is 35.0 Å². The molecule has 0 aliphatic rings. The molecule has 0 fully saturated rings. The zero-order chi connectivity index (χ0) is 18.1. The predicted molar refractivity (Wildman–Crippen MR) is 86.6 cm³/mol. The summed E-state index contributed by atoms with van der Waals surface area (Å²) in [6.07, 6.45) is 0.281. The average molecular weight is 338 g/mol. The van der Waals surface area contributed by atoms with Crippen LogP contribution in [-0.2, 0) is 27.2 Å². The first-order valence-electron chi connectivity index (χ1n) is 7.41. The molecule has 0 saturated heterocycles. The Balaban J connectivity index is 3.46. The Morgan fingerprint density at radius 2 is 1.83 bits per heavy atom. The number of methoxy groups -OCH3 is 3. The highest BCUT2D eigenvalue weighted by molar-refractivity contribution is 5.68. The van der Waals surface area contributed by atoms with Gasteiger partial charge in [-0.05, 0) is 25.0 Å². The van der Waals surface area contributed by atoms with Gasteiger partial charge in [-0.15, -0.1) is 0 Å². The fraction of sp³-hybridized carbons (Fsp3) is 0.471. The number of rotatable bonds is 10. The molecule has 0 radical (unpaired) electrons. The summed E-state index contributed by atoms with van der Waals surface area (Å²) in [4.78, 5) is 22.0. The second kappa shape index (κ2) is 9.47. The van der Waals surface area contributed by atoms with Gasteiger partial charge in [0.2, 0.25) is 5.75 Å². The minimum Gasteiger partial charge on any atom is -0.493 e. The molecule has 0 aliphatic carbocycles. The molecule has 1 N–H and O–H groups in total. The van der Waals surface area contributed by atoms with Crippen LogP contribution in [0.5, 0.6) is 17.2 Å². The molecule has 0 saturated carbocycles. The van der Waals surface area contributed by atoms with Gasteiger partial charge >= 0.3 is 5.97 Å². The van der Waals surface area contributed by atoms with Crippen molar-refractivity contribution in [2.45, 2.75) is 26.2 Å². The summed E-state index contributed by atoms with van der Waals surface area (Å²) in [5, 5.41) is 8.98. The molecule has 0 bridgehead atoms. The average Bonchev–Trinajstić information content (AvgIpc) is 2.58. The highest BCUT2D eigenvalue weighted by Gasteiger charge is 2.22. The Labute approximate surface area is 140 Å². The Kier molecular flexibility index (Phi) is 7.65. The van der Waals surface area contributed by atoms with E-state index in [4.69, 9.17) is 24.1 Å². The molecule has 0 atom stereocenters. The number of aliphatic carboxylic acids is 1. The van der Waals surface area contributed by atoms with Crippen molar-refractivity contribution in [2.24, 2.45) is 0 Å². The molecule has 0 aliphatic heterocycles. The third-order valence-corrected chi connectivity index (χ3v) is 3.40. The van der Waals surface area contributed by atoms with Crippen LogP contribution in [0.3, 0.4) is 0 Å². The van der Waals surface area contributed by atoms with Gasteiger partial charge in [0.15, 0.2) is 23.2 Å². The first-order valence-corrected chi connectivity index (χ1v) is 7.41. The highest BCUT2D eigenvalue weighted by Crippen LogP contribution is 2.43. The maximum absolute atomic E-state index is 11.0. The lowest BCUT2D eigenvalue weighted by Gasteiger charge is -2.19. The maximum atomic E-state index is 11.0. The van der Waals surface area contributed by atoms with E-state index >= 15 is 0 Å². The van der Waals surface area contributed by atoms with Crippen LogP contribution in [0.2, 0.25) is 0 Å². The molecular formula is C17H22O7. The van der Waals surface area contributed by atoms with Gasteiger partial charge in [0, 0.05) is 18.4 Å². The number of carboxylic acids is 1. The van der Waals surface area contributed by atoms with E-state index in [1.165, 1.54) is 21.3 Å². The van der Waals surface area contributed by atoms with E-state index in [2.05, 4.69) is 0 Å². The van der Waals surface area contributed by atoms with Gasteiger partial charge in [-0.25, -0.2) is 4.79 Å². The Morgan fingerprint density at radius 3 is 2.29 bits per heavy atom. The maximum Gasteiger partial charge on any atom is 0.303 e. The van der Waals surface area contributed by atoms with Crippen molar-refractivity contribution in [3.8, 4) is 17.2 Å². The van der Waals surface area contributed by atoms with Crippen molar-refractivity contribution in [3.05, 3.63) is 23.0 Å². The highest BCUT2D eigenvalue weighted by atomic mass is 16.5. The van der Waals surface area contributed by atoms with Gasteiger partial charge in [-0.1, -0.05) is 0 Å². The monoisotopic (exact) mass is 338 g/mol. The van der Waals surface area contributed by atoms with Gasteiger partial charge in [0.25, 0.3) is 0 Å². The molecule has 1 aromatic rings. The van der Waals surface area contributed by atoms with Gasteiger partial charge < -0.3 is 24.1 Å². The van der Waals surface area contributed by atoms with Gasteiger partial charge in [0.05, 0.1) is 27.9 Å². The molecule has 24 heavy (non-hydrogen) atoms. The number of carboxylic acid groups (broad SMARTS) is 1. The number of carbonyl (C=O) groups is 1. The lowest BCUT2D eigenvalue weighted by molar-refractivity contribution is -0.136. The number of benzene rings is 1. The van der Waals surface area contributed by atoms with Crippen LogP contribution in [0, 0.1) is 0 Å². The van der Waals surface area contributed by atoms with Crippen molar-refractivity contribution < 1.29 is 33.6 Å². The molecule has 0 amide bonds. The Bertz CT molecular complexity index is 630. The lowest BCUT2D eigenvalue weighted by Crippen LogP contribution is -2.08.